The number of urea groups is 1. The molecule has 23 heavy (non-hydrogen) atoms. The summed E-state index contributed by atoms with van der Waals surface area (Å²) in [5.74, 6) is 0.737. The van der Waals surface area contributed by atoms with E-state index in [9.17, 15) is 4.79 Å². The van der Waals surface area contributed by atoms with E-state index in [-0.39, 0.29) is 12.1 Å². The van der Waals surface area contributed by atoms with Gasteiger partial charge in [-0.2, -0.15) is 0 Å². The molecule has 1 fully saturated rings. The summed E-state index contributed by atoms with van der Waals surface area (Å²) < 4.78 is 7.54. The van der Waals surface area contributed by atoms with Crippen molar-refractivity contribution in [1.82, 2.24) is 25.0 Å². The van der Waals surface area contributed by atoms with Gasteiger partial charge in [-0.05, 0) is 18.1 Å². The molecular formula is C16H21N5O2. The fourth-order valence-corrected chi connectivity index (χ4v) is 2.66. The molecule has 0 unspecified atom stereocenters. The fraction of sp³-hybridized carbons (Fsp3) is 0.438. The lowest BCUT2D eigenvalue weighted by Gasteiger charge is -2.32. The summed E-state index contributed by atoms with van der Waals surface area (Å²) >= 11 is 0. The van der Waals surface area contributed by atoms with E-state index in [0.717, 1.165) is 11.4 Å². The molecule has 0 aliphatic carbocycles. The summed E-state index contributed by atoms with van der Waals surface area (Å²) in [5.41, 5.74) is 2.30. The lowest BCUT2D eigenvalue weighted by molar-refractivity contribution is -0.0214. The molecule has 122 valence electrons. The van der Waals surface area contributed by atoms with Crippen molar-refractivity contribution in [1.29, 1.82) is 0 Å². The van der Waals surface area contributed by atoms with Crippen LogP contribution in [0.4, 0.5) is 4.79 Å². The number of hydrogen-bond acceptors (Lipinski definition) is 4. The second-order valence-corrected chi connectivity index (χ2v) is 5.69. The molecule has 1 aliphatic heterocycles. The van der Waals surface area contributed by atoms with Gasteiger partial charge in [0.05, 0.1) is 13.2 Å². The van der Waals surface area contributed by atoms with Gasteiger partial charge in [-0.3, -0.25) is 0 Å². The van der Waals surface area contributed by atoms with Crippen molar-refractivity contribution in [2.24, 2.45) is 7.05 Å². The van der Waals surface area contributed by atoms with Crippen LogP contribution in [0, 0.1) is 6.92 Å². The first-order valence-corrected chi connectivity index (χ1v) is 7.68. The average molecular weight is 315 g/mol. The summed E-state index contributed by atoms with van der Waals surface area (Å²) in [6.45, 7) is 4.12. The van der Waals surface area contributed by atoms with E-state index in [2.05, 4.69) is 15.5 Å². The molecular weight excluding hydrogens is 294 g/mol. The van der Waals surface area contributed by atoms with E-state index < -0.39 is 0 Å². The Bertz CT molecular complexity index is 685. The molecule has 2 heterocycles. The first kappa shape index (κ1) is 15.5. The Hall–Kier alpha value is -2.41. The predicted octanol–water partition coefficient (Wildman–Crippen LogP) is 1.41. The van der Waals surface area contributed by atoms with E-state index in [0.29, 0.717) is 26.2 Å². The summed E-state index contributed by atoms with van der Waals surface area (Å²) in [6.07, 6.45) is 1.40. The second kappa shape index (κ2) is 6.78. The maximum absolute atomic E-state index is 12.4. The molecule has 0 radical (unpaired) electrons. The van der Waals surface area contributed by atoms with Gasteiger partial charge in [0.25, 0.3) is 0 Å². The predicted molar refractivity (Wildman–Crippen MR) is 84.7 cm³/mol. The highest BCUT2D eigenvalue weighted by Crippen LogP contribution is 2.19. The van der Waals surface area contributed by atoms with E-state index in [1.165, 1.54) is 5.56 Å². The Labute approximate surface area is 135 Å². The van der Waals surface area contributed by atoms with E-state index >= 15 is 0 Å². The Morgan fingerprint density at radius 3 is 3.00 bits per heavy atom. The van der Waals surface area contributed by atoms with Crippen molar-refractivity contribution < 1.29 is 9.53 Å². The molecule has 0 bridgehead atoms. The molecule has 1 saturated heterocycles. The number of carbonyl (C=O) groups is 1. The number of benzene rings is 1. The number of carbonyl (C=O) groups excluding carboxylic acids is 1. The van der Waals surface area contributed by atoms with Crippen molar-refractivity contribution in [3.63, 3.8) is 0 Å². The Kier molecular flexibility index (Phi) is 4.57. The largest absolute Gasteiger partial charge is 0.366 e. The van der Waals surface area contributed by atoms with Gasteiger partial charge in [-0.25, -0.2) is 4.79 Å². The maximum atomic E-state index is 12.4. The molecule has 2 amide bonds. The van der Waals surface area contributed by atoms with Gasteiger partial charge in [-0.1, -0.05) is 24.3 Å². The van der Waals surface area contributed by atoms with Gasteiger partial charge in [0.1, 0.15) is 12.4 Å². The molecule has 2 aromatic rings. The monoisotopic (exact) mass is 315 g/mol. The molecule has 0 spiro atoms. The van der Waals surface area contributed by atoms with Crippen LogP contribution in [0.3, 0.4) is 0 Å². The van der Waals surface area contributed by atoms with Crippen LogP contribution in [-0.4, -0.2) is 45.4 Å². The first-order chi connectivity index (χ1) is 11.1. The second-order valence-electron chi connectivity index (χ2n) is 5.69. The molecule has 1 atom stereocenters. The molecule has 1 N–H and O–H groups in total. The molecule has 7 nitrogen and oxygen atoms in total. The topological polar surface area (TPSA) is 72.3 Å². The average Bonchev–Trinajstić information content (AvgIpc) is 3.00. The van der Waals surface area contributed by atoms with Crippen molar-refractivity contribution in [2.75, 3.05) is 19.7 Å². The summed E-state index contributed by atoms with van der Waals surface area (Å²) in [5, 5.41) is 10.9. The lowest BCUT2D eigenvalue weighted by Crippen LogP contribution is -2.47. The third-order valence-electron chi connectivity index (χ3n) is 4.08. The van der Waals surface area contributed by atoms with Crippen LogP contribution in [0.1, 0.15) is 23.1 Å². The SMILES string of the molecule is Cc1ccccc1CNC(=O)N1CCO[C@@H](c2nncn2C)C1. The van der Waals surface area contributed by atoms with Gasteiger partial charge in [-0.15, -0.1) is 10.2 Å². The third-order valence-corrected chi connectivity index (χ3v) is 4.08. The van der Waals surface area contributed by atoms with Gasteiger partial charge in [0, 0.05) is 20.1 Å². The molecule has 7 heteroatoms. The van der Waals surface area contributed by atoms with E-state index in [1.54, 1.807) is 11.2 Å². The summed E-state index contributed by atoms with van der Waals surface area (Å²) in [6, 6.07) is 7.96. The van der Waals surface area contributed by atoms with Crippen LogP contribution in [0.2, 0.25) is 0 Å². The van der Waals surface area contributed by atoms with Gasteiger partial charge >= 0.3 is 6.03 Å². The number of ether oxygens (including phenoxy) is 1. The van der Waals surface area contributed by atoms with Crippen LogP contribution in [0.25, 0.3) is 0 Å². The van der Waals surface area contributed by atoms with Gasteiger partial charge in [0.2, 0.25) is 0 Å². The highest BCUT2D eigenvalue weighted by atomic mass is 16.5. The zero-order valence-electron chi connectivity index (χ0n) is 13.4. The Morgan fingerprint density at radius 2 is 2.26 bits per heavy atom. The van der Waals surface area contributed by atoms with E-state index in [4.69, 9.17) is 4.74 Å². The molecule has 3 rings (SSSR count). The van der Waals surface area contributed by atoms with Crippen LogP contribution < -0.4 is 5.32 Å². The zero-order valence-corrected chi connectivity index (χ0v) is 13.4. The number of amides is 2. The van der Waals surface area contributed by atoms with Crippen molar-refractivity contribution in [3.05, 3.63) is 47.5 Å². The van der Waals surface area contributed by atoms with Crippen LogP contribution >= 0.6 is 0 Å². The highest BCUT2D eigenvalue weighted by molar-refractivity contribution is 5.74. The number of aryl methyl sites for hydroxylation is 2. The number of morpholine rings is 1. The number of hydrogen-bond donors (Lipinski definition) is 1. The first-order valence-electron chi connectivity index (χ1n) is 7.68. The fourth-order valence-electron chi connectivity index (χ4n) is 2.66. The minimum atomic E-state index is -0.236. The van der Waals surface area contributed by atoms with Crippen LogP contribution in [0.15, 0.2) is 30.6 Å². The van der Waals surface area contributed by atoms with Crippen molar-refractivity contribution >= 4 is 6.03 Å². The maximum Gasteiger partial charge on any atom is 0.317 e. The molecule has 1 aromatic carbocycles. The standard InChI is InChI=1S/C16H21N5O2/c1-12-5-3-4-6-13(12)9-17-16(22)21-7-8-23-14(10-21)15-19-18-11-20(15)2/h3-6,11,14H,7-10H2,1-2H3,(H,17,22)/t14-/m1/s1. The number of aromatic nitrogens is 3. The number of nitrogens with zero attached hydrogens (tertiary/aromatic N) is 4. The highest BCUT2D eigenvalue weighted by Gasteiger charge is 2.28. The van der Waals surface area contributed by atoms with E-state index in [1.807, 2.05) is 42.8 Å². The third kappa shape index (κ3) is 3.50. The van der Waals surface area contributed by atoms with Gasteiger partial charge < -0.3 is 19.5 Å². The lowest BCUT2D eigenvalue weighted by atomic mass is 10.1. The number of nitrogens with one attached hydrogen (secondary N) is 1. The molecule has 0 saturated carbocycles. The molecule has 1 aromatic heterocycles. The smallest absolute Gasteiger partial charge is 0.317 e. The molecule has 1 aliphatic rings. The summed E-state index contributed by atoms with van der Waals surface area (Å²) in [4.78, 5) is 14.2. The normalized spacial score (nSPS) is 18.0. The van der Waals surface area contributed by atoms with Gasteiger partial charge in [0.15, 0.2) is 5.82 Å². The van der Waals surface area contributed by atoms with Crippen molar-refractivity contribution in [3.8, 4) is 0 Å². The van der Waals surface area contributed by atoms with Crippen molar-refractivity contribution in [2.45, 2.75) is 19.6 Å². The minimum Gasteiger partial charge on any atom is -0.366 e. The Morgan fingerprint density at radius 1 is 1.43 bits per heavy atom. The number of rotatable bonds is 3. The zero-order chi connectivity index (χ0) is 16.2. The minimum absolute atomic E-state index is 0.0799. The van der Waals surface area contributed by atoms with Crippen LogP contribution in [0.5, 0.6) is 0 Å². The quantitative estimate of drug-likeness (QED) is 0.929. The van der Waals surface area contributed by atoms with Crippen LogP contribution in [-0.2, 0) is 18.3 Å². The Balaban J connectivity index is 1.59. The summed E-state index contributed by atoms with van der Waals surface area (Å²) in [7, 11) is 1.87.